The van der Waals surface area contributed by atoms with Crippen molar-refractivity contribution in [3.05, 3.63) is 22.1 Å². The van der Waals surface area contributed by atoms with Gasteiger partial charge in [0.2, 0.25) is 0 Å². The minimum Gasteiger partial charge on any atom is -0.396 e. The van der Waals surface area contributed by atoms with Crippen molar-refractivity contribution in [2.24, 2.45) is 11.8 Å². The van der Waals surface area contributed by atoms with Gasteiger partial charge in [-0.1, -0.05) is 19.6 Å². The van der Waals surface area contributed by atoms with Gasteiger partial charge in [0.15, 0.2) is 0 Å². The summed E-state index contributed by atoms with van der Waals surface area (Å²) in [6.45, 7) is 6.99. The molecular weight excluding hydrogens is 379 g/mol. The molecule has 27 heavy (non-hydrogen) atoms. The van der Waals surface area contributed by atoms with Gasteiger partial charge >= 0.3 is 6.18 Å². The summed E-state index contributed by atoms with van der Waals surface area (Å²) in [4.78, 5) is 12.3. The minimum absolute atomic E-state index is 0.0968. The van der Waals surface area contributed by atoms with Gasteiger partial charge in [-0.15, -0.1) is 0 Å². The zero-order valence-corrected chi connectivity index (χ0v) is 17.0. The number of ether oxygens (including phenoxy) is 1. The van der Waals surface area contributed by atoms with Crippen LogP contribution in [0.1, 0.15) is 18.4 Å². The van der Waals surface area contributed by atoms with Crippen molar-refractivity contribution in [3.8, 4) is 0 Å². The van der Waals surface area contributed by atoms with E-state index in [0.717, 1.165) is 25.1 Å². The number of alkyl halides is 3. The van der Waals surface area contributed by atoms with Crippen LogP contribution in [0.15, 0.2) is 11.0 Å². The summed E-state index contributed by atoms with van der Waals surface area (Å²) in [5.41, 5.74) is -2.76. The molecule has 1 aromatic rings. The maximum atomic E-state index is 13.4. The van der Waals surface area contributed by atoms with Crippen LogP contribution in [0.25, 0.3) is 0 Å². The Morgan fingerprint density at radius 3 is 2.56 bits per heavy atom. The van der Waals surface area contributed by atoms with Crippen LogP contribution in [0.3, 0.4) is 0 Å². The average molecular weight is 408 g/mol. The molecule has 0 atom stereocenters. The van der Waals surface area contributed by atoms with E-state index in [9.17, 15) is 18.0 Å². The van der Waals surface area contributed by atoms with E-state index in [-0.39, 0.29) is 30.9 Å². The number of nitrogens with one attached hydrogen (secondary N) is 1. The lowest BCUT2D eigenvalue weighted by Gasteiger charge is -2.34. The minimum atomic E-state index is -4.78. The zero-order chi connectivity index (χ0) is 20.2. The molecule has 1 aliphatic carbocycles. The Kier molecular flexibility index (Phi) is 7.09. The van der Waals surface area contributed by atoms with Gasteiger partial charge in [0.05, 0.1) is 11.9 Å². The maximum Gasteiger partial charge on any atom is 0.423 e. The number of hydrogen-bond acceptors (Lipinski definition) is 5. The van der Waals surface area contributed by atoms with Crippen molar-refractivity contribution >= 4 is 13.8 Å². The topological polar surface area (TPSA) is 76.4 Å². The lowest BCUT2D eigenvalue weighted by Crippen LogP contribution is -2.35. The number of hydrogen-bond donors (Lipinski definition) is 2. The fourth-order valence-corrected chi connectivity index (χ4v) is 3.72. The van der Waals surface area contributed by atoms with Crippen molar-refractivity contribution in [1.82, 2.24) is 9.78 Å². The maximum absolute atomic E-state index is 13.4. The van der Waals surface area contributed by atoms with Gasteiger partial charge in [-0.3, -0.25) is 4.79 Å². The van der Waals surface area contributed by atoms with E-state index in [2.05, 4.69) is 30.1 Å². The second-order valence-electron chi connectivity index (χ2n) is 8.35. The number of halogens is 3. The summed E-state index contributed by atoms with van der Waals surface area (Å²) < 4.78 is 46.3. The van der Waals surface area contributed by atoms with Crippen LogP contribution in [-0.2, 0) is 17.6 Å². The molecule has 0 aliphatic heterocycles. The summed E-state index contributed by atoms with van der Waals surface area (Å²) in [5.74, 6) is 0.411. The molecule has 0 aromatic carbocycles. The van der Waals surface area contributed by atoms with Crippen molar-refractivity contribution in [2.75, 3.05) is 25.1 Å². The Hall–Kier alpha value is -1.39. The highest BCUT2D eigenvalue weighted by molar-refractivity contribution is 6.76. The smallest absolute Gasteiger partial charge is 0.396 e. The number of aliphatic hydroxyl groups is 1. The highest BCUT2D eigenvalue weighted by atomic mass is 28.3. The second kappa shape index (κ2) is 8.74. The SMILES string of the molecule is C[Si](C)(C)CCOCn1ncc(NC[C@H]2C[C@H](CO)C2)c(C(F)(F)F)c1=O. The first-order valence-corrected chi connectivity index (χ1v) is 12.8. The van der Waals surface area contributed by atoms with E-state index in [1.807, 2.05) is 0 Å². The van der Waals surface area contributed by atoms with Crippen LogP contribution >= 0.6 is 0 Å². The van der Waals surface area contributed by atoms with Gasteiger partial charge < -0.3 is 15.2 Å². The highest BCUT2D eigenvalue weighted by Gasteiger charge is 2.38. The molecule has 2 N–H and O–H groups in total. The molecule has 2 rings (SSSR count). The number of aromatic nitrogens is 2. The summed E-state index contributed by atoms with van der Waals surface area (Å²) in [5, 5.41) is 15.5. The average Bonchev–Trinajstić information content (AvgIpc) is 2.49. The summed E-state index contributed by atoms with van der Waals surface area (Å²) in [6, 6.07) is 0.851. The number of rotatable bonds is 9. The third-order valence-corrected chi connectivity index (χ3v) is 6.41. The fourth-order valence-electron chi connectivity index (χ4n) is 2.96. The molecule has 0 saturated heterocycles. The van der Waals surface area contributed by atoms with Crippen LogP contribution in [0.2, 0.25) is 25.7 Å². The fraction of sp³-hybridized carbons (Fsp3) is 0.765. The van der Waals surface area contributed by atoms with Crippen LogP contribution in [-0.4, -0.2) is 42.7 Å². The van der Waals surface area contributed by atoms with Crippen molar-refractivity contribution in [2.45, 2.75) is 51.4 Å². The zero-order valence-electron chi connectivity index (χ0n) is 16.0. The molecule has 0 bridgehead atoms. The lowest BCUT2D eigenvalue weighted by molar-refractivity contribution is -0.138. The molecule has 0 amide bonds. The first-order chi connectivity index (χ1) is 12.5. The summed E-state index contributed by atoms with van der Waals surface area (Å²) >= 11 is 0. The Morgan fingerprint density at radius 1 is 1.33 bits per heavy atom. The number of anilines is 1. The number of nitrogens with zero attached hydrogens (tertiary/aromatic N) is 2. The van der Waals surface area contributed by atoms with Crippen LogP contribution in [0.5, 0.6) is 0 Å². The molecule has 1 aliphatic rings. The first kappa shape index (κ1) is 21.9. The Bertz CT molecular complexity index is 683. The third-order valence-electron chi connectivity index (χ3n) is 4.71. The van der Waals surface area contributed by atoms with Crippen molar-refractivity contribution in [3.63, 3.8) is 0 Å². The van der Waals surface area contributed by atoms with E-state index in [0.29, 0.717) is 17.8 Å². The molecule has 1 aromatic heterocycles. The Morgan fingerprint density at radius 2 is 2.00 bits per heavy atom. The van der Waals surface area contributed by atoms with E-state index >= 15 is 0 Å². The molecule has 10 heteroatoms. The van der Waals surface area contributed by atoms with E-state index < -0.39 is 25.4 Å². The second-order valence-corrected chi connectivity index (χ2v) is 14.0. The predicted molar refractivity (Wildman–Crippen MR) is 99.4 cm³/mol. The molecule has 1 fully saturated rings. The van der Waals surface area contributed by atoms with Crippen LogP contribution < -0.4 is 10.9 Å². The lowest BCUT2D eigenvalue weighted by atomic mass is 9.75. The van der Waals surface area contributed by atoms with Gasteiger partial charge in [0.1, 0.15) is 12.3 Å². The van der Waals surface area contributed by atoms with E-state index in [1.165, 1.54) is 0 Å². The predicted octanol–water partition coefficient (Wildman–Crippen LogP) is 3.00. The summed E-state index contributed by atoms with van der Waals surface area (Å²) in [6.07, 6.45) is -2.22. The standard InChI is InChI=1S/C17H28F3N3O3Si/c1-27(2,3)5-4-26-11-23-16(25)15(17(18,19)20)14(9-22-23)21-8-12-6-13(7-12)10-24/h9,12-13,21,24H,4-8,10-11H2,1-3H3/t12-,13-. The normalized spacial score (nSPS) is 20.4. The van der Waals surface area contributed by atoms with Gasteiger partial charge in [-0.25, -0.2) is 4.68 Å². The molecule has 1 saturated carbocycles. The van der Waals surface area contributed by atoms with Gasteiger partial charge in [0.25, 0.3) is 5.56 Å². The van der Waals surface area contributed by atoms with Crippen LogP contribution in [0.4, 0.5) is 18.9 Å². The molecule has 0 unspecified atom stereocenters. The molecule has 6 nitrogen and oxygen atoms in total. The summed E-state index contributed by atoms with van der Waals surface area (Å²) in [7, 11) is -1.32. The molecule has 0 spiro atoms. The molecule has 154 valence electrons. The first-order valence-electron chi connectivity index (χ1n) is 9.11. The Balaban J connectivity index is 2.05. The van der Waals surface area contributed by atoms with Crippen LogP contribution in [0, 0.1) is 11.8 Å². The highest BCUT2D eigenvalue weighted by Crippen LogP contribution is 2.35. The number of aliphatic hydroxyl groups excluding tert-OH is 1. The van der Waals surface area contributed by atoms with Crippen molar-refractivity contribution < 1.29 is 23.0 Å². The largest absolute Gasteiger partial charge is 0.423 e. The Labute approximate surface area is 157 Å². The molecular formula is C17H28F3N3O3Si. The van der Waals surface area contributed by atoms with Gasteiger partial charge in [-0.05, 0) is 30.7 Å². The monoisotopic (exact) mass is 407 g/mol. The molecule has 0 radical (unpaired) electrons. The van der Waals surface area contributed by atoms with Crippen molar-refractivity contribution in [1.29, 1.82) is 0 Å². The van der Waals surface area contributed by atoms with Gasteiger partial charge in [-0.2, -0.15) is 18.3 Å². The third kappa shape index (κ3) is 6.32. The molecule has 1 heterocycles. The quantitative estimate of drug-likeness (QED) is 0.486. The van der Waals surface area contributed by atoms with E-state index in [1.54, 1.807) is 0 Å². The van der Waals surface area contributed by atoms with E-state index in [4.69, 9.17) is 9.84 Å². The van der Waals surface area contributed by atoms with Gasteiger partial charge in [0, 0.05) is 27.8 Å².